The molecule has 2 aromatic rings. The molecule has 4 nitrogen and oxygen atoms in total. The van der Waals surface area contributed by atoms with Gasteiger partial charge in [0.25, 0.3) is 5.91 Å². The van der Waals surface area contributed by atoms with Crippen LogP contribution in [0.25, 0.3) is 11.3 Å². The summed E-state index contributed by atoms with van der Waals surface area (Å²) in [4.78, 5) is 12.0. The summed E-state index contributed by atoms with van der Waals surface area (Å²) in [5.74, 6) is 0.320. The number of hydrogen-bond acceptors (Lipinski definition) is 3. The molecular weight excluding hydrogens is 307 g/mol. The smallest absolute Gasteiger partial charge is 0.287 e. The summed E-state index contributed by atoms with van der Waals surface area (Å²) < 4.78 is 19.1. The van der Waals surface area contributed by atoms with Crippen LogP contribution in [0.4, 0.5) is 4.39 Å². The van der Waals surface area contributed by atoms with E-state index < -0.39 is 0 Å². The molecule has 1 aliphatic rings. The molecule has 1 saturated carbocycles. The van der Waals surface area contributed by atoms with Gasteiger partial charge in [0, 0.05) is 12.6 Å². The van der Waals surface area contributed by atoms with Crippen LogP contribution in [0, 0.1) is 11.7 Å². The Bertz CT molecular complexity index is 655. The van der Waals surface area contributed by atoms with Crippen LogP contribution in [0.5, 0.6) is 0 Å². The molecule has 1 aromatic carbocycles. The van der Waals surface area contributed by atoms with Gasteiger partial charge in [-0.25, -0.2) is 4.39 Å². The van der Waals surface area contributed by atoms with Crippen molar-refractivity contribution in [2.45, 2.75) is 18.9 Å². The summed E-state index contributed by atoms with van der Waals surface area (Å²) >= 11 is 0. The molecule has 3 N–H and O–H groups in total. The maximum atomic E-state index is 13.7. The minimum Gasteiger partial charge on any atom is -0.451 e. The molecule has 0 spiro atoms. The Kier molecular flexibility index (Phi) is 5.21. The van der Waals surface area contributed by atoms with Crippen LogP contribution in [-0.2, 0) is 0 Å². The number of hydrogen-bond donors (Lipinski definition) is 2. The number of nitrogens with two attached hydrogens (primary N) is 1. The minimum atomic E-state index is -0.380. The first-order valence-electron chi connectivity index (χ1n) is 7.03. The standard InChI is InChI=1S/C16H17FN2O2.ClH/c17-12-4-2-1-3-11(12)14-7-8-15(21-14)16(20)19-9-13(18)10-5-6-10;/h1-4,7-8,10,13H,5-6,9,18H2,(H,19,20);1H. The molecule has 1 heterocycles. The van der Waals surface area contributed by atoms with E-state index in [4.69, 9.17) is 10.2 Å². The molecule has 0 radical (unpaired) electrons. The molecule has 118 valence electrons. The molecule has 1 amide bonds. The van der Waals surface area contributed by atoms with Gasteiger partial charge in [0.2, 0.25) is 0 Å². The number of rotatable bonds is 5. The number of amides is 1. The quantitative estimate of drug-likeness (QED) is 0.888. The van der Waals surface area contributed by atoms with Crippen molar-refractivity contribution in [3.63, 3.8) is 0 Å². The molecule has 1 atom stereocenters. The minimum absolute atomic E-state index is 0. The summed E-state index contributed by atoms with van der Waals surface area (Å²) in [6.45, 7) is 0.430. The SMILES string of the molecule is Cl.NC(CNC(=O)c1ccc(-c2ccccc2F)o1)C1CC1. The molecule has 0 bridgehead atoms. The van der Waals surface area contributed by atoms with Crippen molar-refractivity contribution < 1.29 is 13.6 Å². The predicted molar refractivity (Wildman–Crippen MR) is 84.4 cm³/mol. The molecule has 1 aliphatic carbocycles. The zero-order valence-electron chi connectivity index (χ0n) is 11.9. The maximum Gasteiger partial charge on any atom is 0.287 e. The highest BCUT2D eigenvalue weighted by atomic mass is 35.5. The van der Waals surface area contributed by atoms with Crippen molar-refractivity contribution in [3.05, 3.63) is 48.0 Å². The van der Waals surface area contributed by atoms with Crippen molar-refractivity contribution in [1.29, 1.82) is 0 Å². The predicted octanol–water partition coefficient (Wildman–Crippen LogP) is 2.97. The second-order valence-corrected chi connectivity index (χ2v) is 5.36. The van der Waals surface area contributed by atoms with E-state index in [1.807, 2.05) is 0 Å². The average Bonchev–Trinajstić information content (AvgIpc) is 3.23. The van der Waals surface area contributed by atoms with E-state index in [-0.39, 0.29) is 35.9 Å². The molecule has 0 saturated heterocycles. The molecule has 1 fully saturated rings. The van der Waals surface area contributed by atoms with E-state index in [2.05, 4.69) is 5.32 Å². The first kappa shape index (κ1) is 16.5. The van der Waals surface area contributed by atoms with Gasteiger partial charge in [-0.05, 0) is 43.0 Å². The Morgan fingerprint density at radius 2 is 2.05 bits per heavy atom. The van der Waals surface area contributed by atoms with E-state index in [9.17, 15) is 9.18 Å². The van der Waals surface area contributed by atoms with E-state index in [1.165, 1.54) is 6.07 Å². The largest absolute Gasteiger partial charge is 0.451 e. The number of carbonyl (C=O) groups excluding carboxylic acids is 1. The Morgan fingerprint density at radius 1 is 1.32 bits per heavy atom. The number of benzene rings is 1. The van der Waals surface area contributed by atoms with Gasteiger partial charge in [-0.3, -0.25) is 4.79 Å². The Balaban J connectivity index is 0.00000176. The number of furan rings is 1. The van der Waals surface area contributed by atoms with E-state index in [0.29, 0.717) is 23.8 Å². The summed E-state index contributed by atoms with van der Waals surface area (Å²) in [6.07, 6.45) is 2.27. The van der Waals surface area contributed by atoms with Gasteiger partial charge in [0.15, 0.2) is 5.76 Å². The van der Waals surface area contributed by atoms with Crippen molar-refractivity contribution in [3.8, 4) is 11.3 Å². The van der Waals surface area contributed by atoms with Crippen LogP contribution in [0.3, 0.4) is 0 Å². The molecular formula is C16H18ClFN2O2. The first-order chi connectivity index (χ1) is 10.1. The van der Waals surface area contributed by atoms with Gasteiger partial charge in [-0.1, -0.05) is 12.1 Å². The zero-order chi connectivity index (χ0) is 14.8. The highest BCUT2D eigenvalue weighted by Crippen LogP contribution is 2.31. The van der Waals surface area contributed by atoms with Crippen molar-refractivity contribution in [2.75, 3.05) is 6.54 Å². The fourth-order valence-electron chi connectivity index (χ4n) is 2.25. The van der Waals surface area contributed by atoms with Crippen molar-refractivity contribution in [1.82, 2.24) is 5.32 Å². The van der Waals surface area contributed by atoms with Gasteiger partial charge in [0.1, 0.15) is 11.6 Å². The van der Waals surface area contributed by atoms with Gasteiger partial charge in [-0.2, -0.15) is 0 Å². The second kappa shape index (κ2) is 6.94. The highest BCUT2D eigenvalue weighted by Gasteiger charge is 2.28. The molecule has 6 heteroatoms. The molecule has 0 aliphatic heterocycles. The summed E-state index contributed by atoms with van der Waals surface area (Å²) in [5, 5.41) is 2.75. The van der Waals surface area contributed by atoms with Crippen LogP contribution >= 0.6 is 12.4 Å². The Labute approximate surface area is 134 Å². The Hall–Kier alpha value is -1.85. The summed E-state index contributed by atoms with van der Waals surface area (Å²) in [7, 11) is 0. The first-order valence-corrected chi connectivity index (χ1v) is 7.03. The summed E-state index contributed by atoms with van der Waals surface area (Å²) in [5.41, 5.74) is 6.27. The zero-order valence-corrected chi connectivity index (χ0v) is 12.7. The number of halogens is 2. The van der Waals surface area contributed by atoms with E-state index >= 15 is 0 Å². The fourth-order valence-corrected chi connectivity index (χ4v) is 2.25. The van der Waals surface area contributed by atoms with Crippen LogP contribution in [0.2, 0.25) is 0 Å². The summed E-state index contributed by atoms with van der Waals surface area (Å²) in [6, 6.07) is 9.41. The van der Waals surface area contributed by atoms with Crippen LogP contribution in [0.15, 0.2) is 40.8 Å². The van der Waals surface area contributed by atoms with Gasteiger partial charge < -0.3 is 15.5 Å². The van der Waals surface area contributed by atoms with Crippen molar-refractivity contribution >= 4 is 18.3 Å². The average molecular weight is 325 g/mol. The lowest BCUT2D eigenvalue weighted by Gasteiger charge is -2.10. The van der Waals surface area contributed by atoms with Crippen LogP contribution < -0.4 is 11.1 Å². The van der Waals surface area contributed by atoms with Crippen molar-refractivity contribution in [2.24, 2.45) is 11.7 Å². The molecule has 22 heavy (non-hydrogen) atoms. The lowest BCUT2D eigenvalue weighted by molar-refractivity contribution is 0.0923. The third-order valence-corrected chi connectivity index (χ3v) is 3.69. The van der Waals surface area contributed by atoms with E-state index in [1.54, 1.807) is 30.3 Å². The van der Waals surface area contributed by atoms with E-state index in [0.717, 1.165) is 12.8 Å². The third-order valence-electron chi connectivity index (χ3n) is 3.69. The van der Waals surface area contributed by atoms with Gasteiger partial charge >= 0.3 is 0 Å². The van der Waals surface area contributed by atoms with Crippen LogP contribution in [-0.4, -0.2) is 18.5 Å². The number of nitrogens with one attached hydrogen (secondary N) is 1. The molecule has 3 rings (SSSR count). The molecule has 1 unspecified atom stereocenters. The van der Waals surface area contributed by atoms with Crippen LogP contribution in [0.1, 0.15) is 23.4 Å². The third kappa shape index (κ3) is 3.67. The Morgan fingerprint density at radius 3 is 2.73 bits per heavy atom. The van der Waals surface area contributed by atoms with Gasteiger partial charge in [0.05, 0.1) is 5.56 Å². The number of carbonyl (C=O) groups is 1. The normalized spacial score (nSPS) is 15.0. The lowest BCUT2D eigenvalue weighted by atomic mass is 10.1. The topological polar surface area (TPSA) is 68.3 Å². The molecule has 1 aromatic heterocycles. The monoisotopic (exact) mass is 324 g/mol. The highest BCUT2D eigenvalue weighted by molar-refractivity contribution is 5.92. The van der Waals surface area contributed by atoms with Gasteiger partial charge in [-0.15, -0.1) is 12.4 Å². The maximum absolute atomic E-state index is 13.7. The fraction of sp³-hybridized carbons (Fsp3) is 0.312. The second-order valence-electron chi connectivity index (χ2n) is 5.36. The lowest BCUT2D eigenvalue weighted by Crippen LogP contribution is -2.38.